The van der Waals surface area contributed by atoms with E-state index in [1.165, 1.54) is 12.3 Å². The van der Waals surface area contributed by atoms with Crippen molar-refractivity contribution >= 4 is 11.6 Å². The van der Waals surface area contributed by atoms with E-state index in [-0.39, 0.29) is 11.6 Å². The predicted octanol–water partition coefficient (Wildman–Crippen LogP) is 1.21. The van der Waals surface area contributed by atoms with Gasteiger partial charge in [-0.3, -0.25) is 0 Å². The highest BCUT2D eigenvalue weighted by Gasteiger charge is 2.32. The minimum absolute atomic E-state index is 0.0766. The van der Waals surface area contributed by atoms with Crippen LogP contribution in [0.2, 0.25) is 0 Å². The van der Waals surface area contributed by atoms with E-state index in [0.717, 1.165) is 10.6 Å². The van der Waals surface area contributed by atoms with Gasteiger partial charge >= 0.3 is 6.36 Å². The van der Waals surface area contributed by atoms with Crippen molar-refractivity contribution < 1.29 is 17.9 Å². The van der Waals surface area contributed by atoms with Gasteiger partial charge in [-0.05, 0) is 12.1 Å². The van der Waals surface area contributed by atoms with E-state index in [1.54, 1.807) is 0 Å². The molecule has 0 saturated heterocycles. The third-order valence-corrected chi connectivity index (χ3v) is 1.57. The number of rotatable bonds is 1. The van der Waals surface area contributed by atoms with Crippen LogP contribution < -0.4 is 10.5 Å². The maximum atomic E-state index is 12.0. The van der Waals surface area contributed by atoms with Gasteiger partial charge in [0.2, 0.25) is 5.95 Å². The summed E-state index contributed by atoms with van der Waals surface area (Å²) in [7, 11) is 0. The summed E-state index contributed by atoms with van der Waals surface area (Å²) in [5, 5.41) is 3.64. The minimum atomic E-state index is -4.76. The standard InChI is InChI=1S/C7H5F3N4O/c8-7(9,10)15-4-2-1-3-14-5(4)12-6(11)13-14/h1-3H,(H2,11,13). The van der Waals surface area contributed by atoms with Crippen LogP contribution in [0.5, 0.6) is 5.75 Å². The Morgan fingerprint density at radius 3 is 2.80 bits per heavy atom. The molecule has 0 aromatic carbocycles. The number of fused-ring (bicyclic) bond motifs is 1. The maximum absolute atomic E-state index is 12.0. The molecule has 0 fully saturated rings. The topological polar surface area (TPSA) is 65.4 Å². The fourth-order valence-corrected chi connectivity index (χ4v) is 1.10. The fraction of sp³-hybridized carbons (Fsp3) is 0.143. The number of nitrogens with two attached hydrogens (primary N) is 1. The largest absolute Gasteiger partial charge is 0.573 e. The van der Waals surface area contributed by atoms with Gasteiger partial charge in [0.05, 0.1) is 0 Å². The summed E-state index contributed by atoms with van der Waals surface area (Å²) in [5.74, 6) is -0.553. The number of halogens is 3. The lowest BCUT2D eigenvalue weighted by atomic mass is 10.4. The quantitative estimate of drug-likeness (QED) is 0.781. The third-order valence-electron chi connectivity index (χ3n) is 1.57. The molecule has 80 valence electrons. The first-order chi connectivity index (χ1) is 6.96. The number of nitrogens with zero attached hydrogens (tertiary/aromatic N) is 3. The molecule has 0 aliphatic heterocycles. The Bertz CT molecular complexity index is 492. The van der Waals surface area contributed by atoms with Crippen LogP contribution in [0, 0.1) is 0 Å². The van der Waals surface area contributed by atoms with E-state index < -0.39 is 12.1 Å². The first-order valence-corrected chi connectivity index (χ1v) is 3.82. The Morgan fingerprint density at radius 2 is 2.13 bits per heavy atom. The van der Waals surface area contributed by atoms with Gasteiger partial charge in [0.1, 0.15) is 0 Å². The molecular formula is C7H5F3N4O. The second-order valence-electron chi connectivity index (χ2n) is 2.66. The lowest BCUT2D eigenvalue weighted by Crippen LogP contribution is -2.17. The van der Waals surface area contributed by atoms with E-state index in [4.69, 9.17) is 5.73 Å². The van der Waals surface area contributed by atoms with E-state index in [2.05, 4.69) is 14.8 Å². The van der Waals surface area contributed by atoms with Crippen LogP contribution in [-0.4, -0.2) is 21.0 Å². The number of hydrogen-bond acceptors (Lipinski definition) is 4. The van der Waals surface area contributed by atoms with Crippen LogP contribution in [0.4, 0.5) is 19.1 Å². The maximum Gasteiger partial charge on any atom is 0.573 e. The molecule has 8 heteroatoms. The van der Waals surface area contributed by atoms with Gasteiger partial charge in [0.15, 0.2) is 11.4 Å². The number of hydrogen-bond donors (Lipinski definition) is 1. The molecule has 2 aromatic rings. The fourth-order valence-electron chi connectivity index (χ4n) is 1.10. The molecule has 2 rings (SSSR count). The van der Waals surface area contributed by atoms with Crippen LogP contribution in [0.25, 0.3) is 5.65 Å². The van der Waals surface area contributed by atoms with Crippen molar-refractivity contribution in [2.24, 2.45) is 0 Å². The van der Waals surface area contributed by atoms with Crippen molar-refractivity contribution in [3.63, 3.8) is 0 Å². The van der Waals surface area contributed by atoms with Gasteiger partial charge in [0.25, 0.3) is 0 Å². The van der Waals surface area contributed by atoms with Crippen LogP contribution in [-0.2, 0) is 0 Å². The van der Waals surface area contributed by atoms with Gasteiger partial charge in [-0.2, -0.15) is 4.98 Å². The molecule has 0 radical (unpaired) electrons. The molecule has 0 amide bonds. The molecule has 2 N–H and O–H groups in total. The summed E-state index contributed by atoms with van der Waals surface area (Å²) in [6.45, 7) is 0. The van der Waals surface area contributed by atoms with Crippen molar-refractivity contribution in [2.45, 2.75) is 6.36 Å². The van der Waals surface area contributed by atoms with E-state index >= 15 is 0 Å². The number of aromatic nitrogens is 3. The normalized spacial score (nSPS) is 11.9. The Balaban J connectivity index is 2.51. The molecule has 0 aliphatic carbocycles. The minimum Gasteiger partial charge on any atom is -0.402 e. The molecule has 15 heavy (non-hydrogen) atoms. The zero-order chi connectivity index (χ0) is 11.1. The van der Waals surface area contributed by atoms with Crippen LogP contribution in [0.3, 0.4) is 0 Å². The van der Waals surface area contributed by atoms with E-state index in [9.17, 15) is 13.2 Å². The van der Waals surface area contributed by atoms with Crippen molar-refractivity contribution in [3.8, 4) is 5.75 Å². The molecular weight excluding hydrogens is 213 g/mol. The molecule has 0 atom stereocenters. The van der Waals surface area contributed by atoms with Crippen molar-refractivity contribution in [1.29, 1.82) is 0 Å². The zero-order valence-corrected chi connectivity index (χ0v) is 7.19. The Morgan fingerprint density at radius 1 is 1.40 bits per heavy atom. The summed E-state index contributed by atoms with van der Waals surface area (Å²) >= 11 is 0. The molecule has 0 spiro atoms. The lowest BCUT2D eigenvalue weighted by molar-refractivity contribution is -0.274. The highest BCUT2D eigenvalue weighted by Crippen LogP contribution is 2.25. The summed E-state index contributed by atoms with van der Waals surface area (Å²) in [4.78, 5) is 3.60. The Labute approximate surface area is 81.3 Å². The Kier molecular flexibility index (Phi) is 1.92. The molecule has 0 saturated carbocycles. The van der Waals surface area contributed by atoms with Gasteiger partial charge in [-0.1, -0.05) is 0 Å². The van der Waals surface area contributed by atoms with Gasteiger partial charge < -0.3 is 10.5 Å². The highest BCUT2D eigenvalue weighted by molar-refractivity contribution is 5.54. The summed E-state index contributed by atoms with van der Waals surface area (Å²) in [6.07, 6.45) is -3.34. The number of anilines is 1. The molecule has 0 aliphatic rings. The van der Waals surface area contributed by atoms with Crippen LogP contribution in [0.1, 0.15) is 0 Å². The Hall–Kier alpha value is -1.99. The van der Waals surface area contributed by atoms with Gasteiger partial charge in [-0.15, -0.1) is 18.3 Å². The van der Waals surface area contributed by atoms with Crippen molar-refractivity contribution in [1.82, 2.24) is 14.6 Å². The van der Waals surface area contributed by atoms with Crippen molar-refractivity contribution in [2.75, 3.05) is 5.73 Å². The smallest absolute Gasteiger partial charge is 0.402 e. The summed E-state index contributed by atoms with van der Waals surface area (Å²) in [5.41, 5.74) is 5.17. The first kappa shape index (κ1) is 9.56. The molecule has 2 aromatic heterocycles. The van der Waals surface area contributed by atoms with Crippen LogP contribution in [0.15, 0.2) is 18.3 Å². The van der Waals surface area contributed by atoms with Gasteiger partial charge in [0, 0.05) is 6.20 Å². The summed E-state index contributed by atoms with van der Waals surface area (Å²) < 4.78 is 40.8. The first-order valence-electron chi connectivity index (χ1n) is 3.82. The molecule has 5 nitrogen and oxygen atoms in total. The number of nitrogen functional groups attached to an aromatic ring is 1. The third kappa shape index (κ3) is 1.92. The molecule has 0 unspecified atom stereocenters. The second kappa shape index (κ2) is 3.01. The molecule has 0 bridgehead atoms. The number of pyridine rings is 1. The second-order valence-corrected chi connectivity index (χ2v) is 2.66. The lowest BCUT2D eigenvalue weighted by Gasteiger charge is -2.08. The summed E-state index contributed by atoms with van der Waals surface area (Å²) in [6, 6.07) is 2.49. The van der Waals surface area contributed by atoms with Gasteiger partial charge in [-0.25, -0.2) is 4.52 Å². The average Bonchev–Trinajstić information content (AvgIpc) is 2.43. The van der Waals surface area contributed by atoms with Crippen LogP contribution >= 0.6 is 0 Å². The number of alkyl halides is 3. The zero-order valence-electron chi connectivity index (χ0n) is 7.19. The van der Waals surface area contributed by atoms with Crippen molar-refractivity contribution in [3.05, 3.63) is 18.3 Å². The predicted molar refractivity (Wildman–Crippen MR) is 44.1 cm³/mol. The SMILES string of the molecule is Nc1nc2c(OC(F)(F)F)cccn2n1. The van der Waals surface area contributed by atoms with E-state index in [1.807, 2.05) is 0 Å². The monoisotopic (exact) mass is 218 g/mol. The average molecular weight is 218 g/mol. The number of ether oxygens (including phenoxy) is 1. The highest BCUT2D eigenvalue weighted by atomic mass is 19.4. The molecule has 2 heterocycles. The van der Waals surface area contributed by atoms with E-state index in [0.29, 0.717) is 0 Å².